The lowest BCUT2D eigenvalue weighted by Crippen LogP contribution is -2.29. The van der Waals surface area contributed by atoms with Crippen LogP contribution in [0, 0.1) is 5.92 Å². The highest BCUT2D eigenvalue weighted by atomic mass is 79.9. The predicted octanol–water partition coefficient (Wildman–Crippen LogP) is 4.29. The van der Waals surface area contributed by atoms with Gasteiger partial charge in [-0.1, -0.05) is 44.2 Å². The van der Waals surface area contributed by atoms with E-state index in [4.69, 9.17) is 0 Å². The molecule has 0 aliphatic carbocycles. The van der Waals surface area contributed by atoms with Crippen molar-refractivity contribution in [1.82, 2.24) is 10.3 Å². The summed E-state index contributed by atoms with van der Waals surface area (Å²) in [6.45, 7) is 4.32. The van der Waals surface area contributed by atoms with Crippen LogP contribution in [0.15, 0.2) is 47.1 Å². The fourth-order valence-corrected chi connectivity index (χ4v) is 2.51. The molecule has 1 atom stereocenters. The third-order valence-corrected chi connectivity index (χ3v) is 3.56. The fraction of sp³-hybridized carbons (Fsp3) is 0.312. The molecule has 3 nitrogen and oxygen atoms in total. The molecule has 0 spiro atoms. The first kappa shape index (κ1) is 14.9. The Kier molecular flexibility index (Phi) is 5.01. The highest BCUT2D eigenvalue weighted by Crippen LogP contribution is 2.22. The highest BCUT2D eigenvalue weighted by molar-refractivity contribution is 9.10. The summed E-state index contributed by atoms with van der Waals surface area (Å²) < 4.78 is 0.878. The summed E-state index contributed by atoms with van der Waals surface area (Å²) in [5.41, 5.74) is 1.71. The molecule has 4 heteroatoms. The fourth-order valence-electron chi connectivity index (χ4n) is 2.17. The molecule has 1 amide bonds. The van der Waals surface area contributed by atoms with Gasteiger partial charge in [0.1, 0.15) is 5.69 Å². The van der Waals surface area contributed by atoms with Gasteiger partial charge in [0.2, 0.25) is 0 Å². The zero-order chi connectivity index (χ0) is 14.5. The number of carbonyl (C=O) groups excluding carboxylic acids is 1. The standard InChI is InChI=1S/C16H19BrN2O/c1-11(2)8-14(12-6-4-3-5-7-12)19-16(20)15-9-13(17)10-18-15/h3-7,9-11,14,18H,8H2,1-2H3,(H,19,20). The van der Waals surface area contributed by atoms with E-state index in [1.165, 1.54) is 0 Å². The van der Waals surface area contributed by atoms with Crippen molar-refractivity contribution in [3.05, 3.63) is 58.3 Å². The molecule has 0 aliphatic rings. The SMILES string of the molecule is CC(C)CC(NC(=O)c1cc(Br)c[nH]1)c1ccccc1. The summed E-state index contributed by atoms with van der Waals surface area (Å²) in [6, 6.07) is 11.9. The minimum absolute atomic E-state index is 0.0331. The van der Waals surface area contributed by atoms with Crippen LogP contribution in [-0.2, 0) is 0 Å². The van der Waals surface area contributed by atoms with Gasteiger partial charge in [-0.15, -0.1) is 0 Å². The Balaban J connectivity index is 2.14. The van der Waals surface area contributed by atoms with E-state index in [0.29, 0.717) is 11.6 Å². The Morgan fingerprint density at radius 2 is 2.00 bits per heavy atom. The first-order valence-corrected chi connectivity index (χ1v) is 7.55. The van der Waals surface area contributed by atoms with Crippen molar-refractivity contribution in [2.45, 2.75) is 26.3 Å². The van der Waals surface area contributed by atoms with Crippen LogP contribution >= 0.6 is 15.9 Å². The number of aromatic nitrogens is 1. The van der Waals surface area contributed by atoms with Crippen molar-refractivity contribution < 1.29 is 4.79 Å². The number of nitrogens with one attached hydrogen (secondary N) is 2. The molecular formula is C16H19BrN2O. The maximum atomic E-state index is 12.3. The highest BCUT2D eigenvalue weighted by Gasteiger charge is 2.17. The largest absolute Gasteiger partial charge is 0.356 e. The van der Waals surface area contributed by atoms with Gasteiger partial charge in [-0.05, 0) is 39.9 Å². The van der Waals surface area contributed by atoms with Crippen LogP contribution in [0.3, 0.4) is 0 Å². The number of halogens is 1. The second-order valence-electron chi connectivity index (χ2n) is 5.30. The van der Waals surface area contributed by atoms with Crippen LogP contribution in [0.2, 0.25) is 0 Å². The van der Waals surface area contributed by atoms with Crippen molar-refractivity contribution in [3.8, 4) is 0 Å². The normalized spacial score (nSPS) is 12.4. The number of benzene rings is 1. The molecule has 1 unspecified atom stereocenters. The summed E-state index contributed by atoms with van der Waals surface area (Å²) in [5, 5.41) is 3.10. The number of H-pyrrole nitrogens is 1. The van der Waals surface area contributed by atoms with E-state index in [-0.39, 0.29) is 11.9 Å². The topological polar surface area (TPSA) is 44.9 Å². The molecule has 0 fully saturated rings. The van der Waals surface area contributed by atoms with Crippen molar-refractivity contribution >= 4 is 21.8 Å². The molecule has 1 aromatic carbocycles. The summed E-state index contributed by atoms with van der Waals surface area (Å²) in [7, 11) is 0. The molecule has 106 valence electrons. The van der Waals surface area contributed by atoms with Gasteiger partial charge >= 0.3 is 0 Å². The average molecular weight is 335 g/mol. The molecule has 0 saturated heterocycles. The van der Waals surface area contributed by atoms with E-state index in [1.807, 2.05) is 18.2 Å². The minimum atomic E-state index is -0.0785. The predicted molar refractivity (Wildman–Crippen MR) is 84.6 cm³/mol. The van der Waals surface area contributed by atoms with Crippen molar-refractivity contribution in [2.75, 3.05) is 0 Å². The Bertz CT molecular complexity index is 563. The lowest BCUT2D eigenvalue weighted by molar-refractivity contribution is 0.0927. The van der Waals surface area contributed by atoms with E-state index in [1.54, 1.807) is 12.3 Å². The molecule has 2 aromatic rings. The maximum Gasteiger partial charge on any atom is 0.268 e. The van der Waals surface area contributed by atoms with Crippen LogP contribution in [0.4, 0.5) is 0 Å². The summed E-state index contributed by atoms with van der Waals surface area (Å²) in [5.74, 6) is 0.432. The Morgan fingerprint density at radius 1 is 1.30 bits per heavy atom. The monoisotopic (exact) mass is 334 g/mol. The summed E-state index contributed by atoms with van der Waals surface area (Å²) >= 11 is 3.34. The van der Waals surface area contributed by atoms with Gasteiger partial charge < -0.3 is 10.3 Å². The number of rotatable bonds is 5. The number of hydrogen-bond acceptors (Lipinski definition) is 1. The molecule has 1 aromatic heterocycles. The molecule has 0 radical (unpaired) electrons. The van der Waals surface area contributed by atoms with E-state index >= 15 is 0 Å². The second kappa shape index (κ2) is 6.75. The lowest BCUT2D eigenvalue weighted by atomic mass is 9.97. The summed E-state index contributed by atoms with van der Waals surface area (Å²) in [4.78, 5) is 15.2. The van der Waals surface area contributed by atoms with E-state index in [0.717, 1.165) is 16.5 Å². The molecule has 0 saturated carbocycles. The molecule has 2 rings (SSSR count). The second-order valence-corrected chi connectivity index (χ2v) is 6.21. The van der Waals surface area contributed by atoms with E-state index < -0.39 is 0 Å². The molecule has 20 heavy (non-hydrogen) atoms. The van der Waals surface area contributed by atoms with Gasteiger partial charge in [0, 0.05) is 10.7 Å². The zero-order valence-electron chi connectivity index (χ0n) is 11.7. The van der Waals surface area contributed by atoms with Crippen LogP contribution in [0.25, 0.3) is 0 Å². The van der Waals surface area contributed by atoms with E-state index in [9.17, 15) is 4.79 Å². The third-order valence-electron chi connectivity index (χ3n) is 3.11. The molecule has 0 aliphatic heterocycles. The van der Waals surface area contributed by atoms with Crippen LogP contribution in [0.5, 0.6) is 0 Å². The molecule has 2 N–H and O–H groups in total. The Hall–Kier alpha value is -1.55. The average Bonchev–Trinajstić information content (AvgIpc) is 2.85. The first-order valence-electron chi connectivity index (χ1n) is 6.76. The quantitative estimate of drug-likeness (QED) is 0.841. The Morgan fingerprint density at radius 3 is 2.55 bits per heavy atom. The molecule has 1 heterocycles. The molecular weight excluding hydrogens is 316 g/mol. The van der Waals surface area contributed by atoms with Crippen LogP contribution in [0.1, 0.15) is 42.4 Å². The maximum absolute atomic E-state index is 12.3. The van der Waals surface area contributed by atoms with Crippen molar-refractivity contribution in [3.63, 3.8) is 0 Å². The first-order chi connectivity index (χ1) is 9.56. The molecule has 0 bridgehead atoms. The van der Waals surface area contributed by atoms with Gasteiger partial charge in [-0.25, -0.2) is 0 Å². The van der Waals surface area contributed by atoms with Crippen molar-refractivity contribution in [2.24, 2.45) is 5.92 Å². The number of hydrogen-bond donors (Lipinski definition) is 2. The minimum Gasteiger partial charge on any atom is -0.356 e. The van der Waals surface area contributed by atoms with Crippen LogP contribution < -0.4 is 5.32 Å². The third kappa shape index (κ3) is 3.97. The lowest BCUT2D eigenvalue weighted by Gasteiger charge is -2.20. The smallest absolute Gasteiger partial charge is 0.268 e. The van der Waals surface area contributed by atoms with Crippen LogP contribution in [-0.4, -0.2) is 10.9 Å². The van der Waals surface area contributed by atoms with Gasteiger partial charge in [0.15, 0.2) is 0 Å². The zero-order valence-corrected chi connectivity index (χ0v) is 13.3. The van der Waals surface area contributed by atoms with E-state index in [2.05, 4.69) is 52.2 Å². The summed E-state index contributed by atoms with van der Waals surface area (Å²) in [6.07, 6.45) is 2.67. The van der Waals surface area contributed by atoms with Gasteiger partial charge in [0.25, 0.3) is 5.91 Å². The Labute approximate surface area is 127 Å². The number of aromatic amines is 1. The van der Waals surface area contributed by atoms with Gasteiger partial charge in [-0.2, -0.15) is 0 Å². The van der Waals surface area contributed by atoms with Gasteiger partial charge in [0.05, 0.1) is 6.04 Å². The van der Waals surface area contributed by atoms with Crippen molar-refractivity contribution in [1.29, 1.82) is 0 Å². The number of amides is 1. The van der Waals surface area contributed by atoms with Gasteiger partial charge in [-0.3, -0.25) is 4.79 Å². The number of carbonyl (C=O) groups is 1.